The summed E-state index contributed by atoms with van der Waals surface area (Å²) < 4.78 is 8.00. The average molecular weight is 449 g/mol. The monoisotopic (exact) mass is 448 g/mol. The summed E-state index contributed by atoms with van der Waals surface area (Å²) in [5.41, 5.74) is 3.80. The Labute approximate surface area is 197 Å². The van der Waals surface area contributed by atoms with E-state index in [1.165, 1.54) is 5.56 Å². The SMILES string of the molecule is CC=Nc1ccc(Oc2ccc3ncn(-c4ccnc(N[C@@H](C)c5ccccc5)n4)c3c2)cc1. The molecule has 0 spiro atoms. The van der Waals surface area contributed by atoms with Crippen molar-refractivity contribution in [2.75, 3.05) is 5.32 Å². The number of benzene rings is 3. The third-order valence-corrected chi connectivity index (χ3v) is 5.40. The van der Waals surface area contributed by atoms with Crippen molar-refractivity contribution in [3.8, 4) is 17.3 Å². The molecular formula is C27H24N6O. The normalized spacial score (nSPS) is 12.2. The molecule has 0 radical (unpaired) electrons. The van der Waals surface area contributed by atoms with Crippen molar-refractivity contribution < 1.29 is 4.74 Å². The van der Waals surface area contributed by atoms with Gasteiger partial charge >= 0.3 is 0 Å². The summed E-state index contributed by atoms with van der Waals surface area (Å²) in [5, 5.41) is 3.38. The first-order valence-electron chi connectivity index (χ1n) is 11.1. The second-order valence-electron chi connectivity index (χ2n) is 7.76. The van der Waals surface area contributed by atoms with Crippen molar-refractivity contribution >= 4 is 28.9 Å². The number of hydrogen-bond acceptors (Lipinski definition) is 6. The lowest BCUT2D eigenvalue weighted by Gasteiger charge is -2.14. The Kier molecular flexibility index (Phi) is 5.99. The summed E-state index contributed by atoms with van der Waals surface area (Å²) in [6, 6.07) is 25.6. The Morgan fingerprint density at radius 2 is 1.74 bits per heavy atom. The van der Waals surface area contributed by atoms with E-state index < -0.39 is 0 Å². The molecule has 2 aromatic heterocycles. The zero-order chi connectivity index (χ0) is 23.3. The maximum atomic E-state index is 6.07. The number of anilines is 1. The van der Waals surface area contributed by atoms with Gasteiger partial charge in [0.15, 0.2) is 0 Å². The van der Waals surface area contributed by atoms with Gasteiger partial charge in [-0.1, -0.05) is 30.3 Å². The highest BCUT2D eigenvalue weighted by atomic mass is 16.5. The molecule has 3 aromatic carbocycles. The Hall–Kier alpha value is -4.52. The summed E-state index contributed by atoms with van der Waals surface area (Å²) in [4.78, 5) is 17.9. The Balaban J connectivity index is 1.40. The molecule has 0 fully saturated rings. The van der Waals surface area contributed by atoms with Crippen molar-refractivity contribution in [1.82, 2.24) is 19.5 Å². The standard InChI is InChI=1S/C27H24N6O/c1-3-28-21-9-11-22(12-10-21)34-23-13-14-24-25(17-23)33(18-30-24)26-15-16-29-27(32-26)31-19(2)20-7-5-4-6-8-20/h3-19H,1-2H3,(H,29,31,32)/t19-/m0/s1. The van der Waals surface area contributed by atoms with Gasteiger partial charge in [0.25, 0.3) is 0 Å². The predicted octanol–water partition coefficient (Wildman–Crippen LogP) is 6.50. The lowest BCUT2D eigenvalue weighted by Crippen LogP contribution is -2.10. The van der Waals surface area contributed by atoms with Crippen LogP contribution in [0.2, 0.25) is 0 Å². The summed E-state index contributed by atoms with van der Waals surface area (Å²) in [5.74, 6) is 2.73. The zero-order valence-corrected chi connectivity index (χ0v) is 19.0. The van der Waals surface area contributed by atoms with Crippen molar-refractivity contribution in [1.29, 1.82) is 0 Å². The summed E-state index contributed by atoms with van der Waals surface area (Å²) in [6.07, 6.45) is 5.27. The van der Waals surface area contributed by atoms with Gasteiger partial charge in [-0.15, -0.1) is 0 Å². The number of nitrogens with zero attached hydrogens (tertiary/aromatic N) is 5. The first kappa shape index (κ1) is 21.3. The first-order chi connectivity index (χ1) is 16.7. The van der Waals surface area contributed by atoms with E-state index in [2.05, 4.69) is 39.3 Å². The van der Waals surface area contributed by atoms with Gasteiger partial charge in [0.2, 0.25) is 5.95 Å². The van der Waals surface area contributed by atoms with Gasteiger partial charge in [0.05, 0.1) is 22.8 Å². The minimum atomic E-state index is 0.0744. The van der Waals surface area contributed by atoms with E-state index >= 15 is 0 Å². The Morgan fingerprint density at radius 3 is 2.53 bits per heavy atom. The van der Waals surface area contributed by atoms with Crippen LogP contribution in [0.1, 0.15) is 25.5 Å². The largest absolute Gasteiger partial charge is 0.457 e. The summed E-state index contributed by atoms with van der Waals surface area (Å²) in [6.45, 7) is 3.98. The maximum Gasteiger partial charge on any atom is 0.225 e. The van der Waals surface area contributed by atoms with Gasteiger partial charge in [-0.25, -0.2) is 9.97 Å². The molecule has 5 rings (SSSR count). The van der Waals surface area contributed by atoms with Crippen molar-refractivity contribution in [2.24, 2.45) is 4.99 Å². The van der Waals surface area contributed by atoms with Gasteiger partial charge in [-0.2, -0.15) is 4.98 Å². The van der Waals surface area contributed by atoms with Crippen LogP contribution in [-0.4, -0.2) is 25.7 Å². The topological polar surface area (TPSA) is 77.2 Å². The van der Waals surface area contributed by atoms with E-state index in [1.54, 1.807) is 18.7 Å². The van der Waals surface area contributed by atoms with E-state index in [1.807, 2.05) is 78.2 Å². The summed E-state index contributed by atoms with van der Waals surface area (Å²) >= 11 is 0. The van der Waals surface area contributed by atoms with Crippen LogP contribution in [-0.2, 0) is 0 Å². The van der Waals surface area contributed by atoms with Crippen molar-refractivity contribution in [2.45, 2.75) is 19.9 Å². The highest BCUT2D eigenvalue weighted by Gasteiger charge is 2.11. The Bertz CT molecular complexity index is 1430. The van der Waals surface area contributed by atoms with Gasteiger partial charge in [0.1, 0.15) is 23.6 Å². The second kappa shape index (κ2) is 9.54. The van der Waals surface area contributed by atoms with Crippen LogP contribution in [0, 0.1) is 0 Å². The molecule has 5 aromatic rings. The molecule has 2 heterocycles. The highest BCUT2D eigenvalue weighted by molar-refractivity contribution is 5.79. The molecule has 34 heavy (non-hydrogen) atoms. The molecule has 168 valence electrons. The number of fused-ring (bicyclic) bond motifs is 1. The molecule has 0 bridgehead atoms. The molecule has 0 saturated carbocycles. The number of hydrogen-bond donors (Lipinski definition) is 1. The fourth-order valence-corrected chi connectivity index (χ4v) is 3.69. The quantitative estimate of drug-likeness (QED) is 0.287. The number of aliphatic imine (C=N–C) groups is 1. The van der Waals surface area contributed by atoms with E-state index in [4.69, 9.17) is 9.72 Å². The van der Waals surface area contributed by atoms with Crippen molar-refractivity contribution in [3.05, 3.63) is 97.0 Å². The van der Waals surface area contributed by atoms with Gasteiger partial charge in [-0.05, 0) is 61.9 Å². The number of rotatable bonds is 7. The lowest BCUT2D eigenvalue weighted by atomic mass is 10.1. The molecule has 7 heteroatoms. The van der Waals surface area contributed by atoms with Gasteiger partial charge in [0, 0.05) is 18.5 Å². The molecule has 1 N–H and O–H groups in total. The smallest absolute Gasteiger partial charge is 0.225 e. The van der Waals surface area contributed by atoms with Gasteiger partial charge in [-0.3, -0.25) is 9.56 Å². The van der Waals surface area contributed by atoms with Crippen LogP contribution in [0.5, 0.6) is 11.5 Å². The van der Waals surface area contributed by atoms with E-state index in [0.717, 1.165) is 28.3 Å². The van der Waals surface area contributed by atoms with Crippen LogP contribution in [0.15, 0.2) is 96.4 Å². The molecule has 0 amide bonds. The number of imidazole rings is 1. The number of aromatic nitrogens is 4. The third-order valence-electron chi connectivity index (χ3n) is 5.40. The van der Waals surface area contributed by atoms with Gasteiger partial charge < -0.3 is 10.1 Å². The minimum absolute atomic E-state index is 0.0744. The maximum absolute atomic E-state index is 6.07. The van der Waals surface area contributed by atoms with E-state index in [-0.39, 0.29) is 6.04 Å². The van der Waals surface area contributed by atoms with E-state index in [0.29, 0.717) is 11.7 Å². The molecule has 0 aliphatic heterocycles. The predicted molar refractivity (Wildman–Crippen MR) is 135 cm³/mol. The number of nitrogens with one attached hydrogen (secondary N) is 1. The third kappa shape index (κ3) is 4.63. The molecule has 0 aliphatic carbocycles. The fourth-order valence-electron chi connectivity index (χ4n) is 3.69. The summed E-state index contributed by atoms with van der Waals surface area (Å²) in [7, 11) is 0. The van der Waals surface area contributed by atoms with Crippen LogP contribution in [0.4, 0.5) is 11.6 Å². The molecule has 7 nitrogen and oxygen atoms in total. The van der Waals surface area contributed by atoms with Crippen LogP contribution >= 0.6 is 0 Å². The first-order valence-corrected chi connectivity index (χ1v) is 11.1. The fraction of sp³-hybridized carbons (Fsp3) is 0.111. The molecule has 0 aliphatic rings. The number of ether oxygens (including phenoxy) is 1. The van der Waals surface area contributed by atoms with E-state index in [9.17, 15) is 0 Å². The van der Waals surface area contributed by atoms with Crippen molar-refractivity contribution in [3.63, 3.8) is 0 Å². The van der Waals surface area contributed by atoms with Crippen LogP contribution in [0.25, 0.3) is 16.9 Å². The molecule has 1 atom stereocenters. The van der Waals surface area contributed by atoms with Crippen LogP contribution in [0.3, 0.4) is 0 Å². The Morgan fingerprint density at radius 1 is 0.941 bits per heavy atom. The molecule has 0 saturated heterocycles. The van der Waals surface area contributed by atoms with Crippen LogP contribution < -0.4 is 10.1 Å². The highest BCUT2D eigenvalue weighted by Crippen LogP contribution is 2.28. The average Bonchev–Trinajstić information content (AvgIpc) is 3.29. The molecule has 0 unspecified atom stereocenters. The second-order valence-corrected chi connectivity index (χ2v) is 7.76. The lowest BCUT2D eigenvalue weighted by molar-refractivity contribution is 0.483. The minimum Gasteiger partial charge on any atom is -0.457 e. The molecular weight excluding hydrogens is 424 g/mol. The zero-order valence-electron chi connectivity index (χ0n) is 19.0.